The molecule has 0 atom stereocenters. The average Bonchev–Trinajstić information content (AvgIpc) is 3.44. The molecule has 0 unspecified atom stereocenters. The molecule has 0 aliphatic carbocycles. The number of benzene rings is 1. The fourth-order valence-corrected chi connectivity index (χ4v) is 3.50. The number of aromatic nitrogens is 4. The number of hydrogen-bond acceptors (Lipinski definition) is 5. The first kappa shape index (κ1) is 16.8. The van der Waals surface area contributed by atoms with E-state index in [9.17, 15) is 4.79 Å². The van der Waals surface area contributed by atoms with Crippen LogP contribution in [0.3, 0.4) is 0 Å². The van der Waals surface area contributed by atoms with Gasteiger partial charge in [0.1, 0.15) is 18.1 Å². The van der Waals surface area contributed by atoms with E-state index >= 15 is 0 Å². The molecular formula is C20H19N5O3. The minimum absolute atomic E-state index is 0.125. The molecule has 4 heterocycles. The van der Waals surface area contributed by atoms with Crippen molar-refractivity contribution in [1.29, 1.82) is 0 Å². The number of nitrogens with one attached hydrogen (secondary N) is 1. The number of carbonyl (C=O) groups excluding carboxylic acids is 1. The van der Waals surface area contributed by atoms with E-state index in [-0.39, 0.29) is 5.91 Å². The van der Waals surface area contributed by atoms with E-state index in [1.54, 1.807) is 24.1 Å². The van der Waals surface area contributed by atoms with Crippen LogP contribution in [0.4, 0.5) is 0 Å². The molecule has 0 fully saturated rings. The zero-order valence-corrected chi connectivity index (χ0v) is 15.4. The van der Waals surface area contributed by atoms with Crippen LogP contribution in [0.1, 0.15) is 22.0 Å². The zero-order valence-electron chi connectivity index (χ0n) is 15.4. The van der Waals surface area contributed by atoms with Gasteiger partial charge in [0.2, 0.25) is 0 Å². The van der Waals surface area contributed by atoms with E-state index < -0.39 is 0 Å². The molecule has 8 heteroatoms. The number of methoxy groups -OCH3 is 1. The molecule has 0 saturated carbocycles. The van der Waals surface area contributed by atoms with Crippen molar-refractivity contribution in [3.05, 3.63) is 59.7 Å². The Morgan fingerprint density at radius 2 is 2.14 bits per heavy atom. The van der Waals surface area contributed by atoms with Crippen molar-refractivity contribution in [2.45, 2.75) is 19.7 Å². The number of rotatable bonds is 4. The zero-order chi connectivity index (χ0) is 19.1. The molecule has 1 amide bonds. The molecule has 0 radical (unpaired) electrons. The first-order valence-electron chi connectivity index (χ1n) is 9.10. The SMILES string of the molecule is COCc1ccc(C(=O)N2CCn3nc(-c4nc5ccccc5[nH]4)cc3C2)o1. The van der Waals surface area contributed by atoms with Crippen LogP contribution in [-0.2, 0) is 24.4 Å². The first-order valence-corrected chi connectivity index (χ1v) is 9.10. The van der Waals surface area contributed by atoms with Gasteiger partial charge in [0.05, 0.1) is 29.8 Å². The number of furan rings is 1. The third kappa shape index (κ3) is 2.87. The molecule has 5 rings (SSSR count). The standard InChI is InChI=1S/C20H19N5O3/c1-27-12-14-6-7-18(28-14)20(26)24-8-9-25-13(11-24)10-17(23-25)19-21-15-4-2-3-5-16(15)22-19/h2-7,10H,8-9,11-12H2,1H3,(H,21,22). The molecular weight excluding hydrogens is 358 g/mol. The van der Waals surface area contributed by atoms with Gasteiger partial charge in [-0.15, -0.1) is 0 Å². The largest absolute Gasteiger partial charge is 0.453 e. The van der Waals surface area contributed by atoms with Gasteiger partial charge < -0.3 is 19.0 Å². The molecule has 142 valence electrons. The summed E-state index contributed by atoms with van der Waals surface area (Å²) < 4.78 is 12.6. The van der Waals surface area contributed by atoms with Crippen molar-refractivity contribution in [3.8, 4) is 11.5 Å². The fraction of sp³-hybridized carbons (Fsp3) is 0.250. The third-order valence-corrected chi connectivity index (χ3v) is 4.88. The summed E-state index contributed by atoms with van der Waals surface area (Å²) in [6, 6.07) is 13.3. The Morgan fingerprint density at radius 3 is 3.00 bits per heavy atom. The molecule has 0 saturated heterocycles. The predicted octanol–water partition coefficient (Wildman–Crippen LogP) is 2.82. The number of hydrogen-bond donors (Lipinski definition) is 1. The summed E-state index contributed by atoms with van der Waals surface area (Å²) >= 11 is 0. The molecule has 1 N–H and O–H groups in total. The van der Waals surface area contributed by atoms with Crippen LogP contribution < -0.4 is 0 Å². The highest BCUT2D eigenvalue weighted by molar-refractivity contribution is 5.91. The summed E-state index contributed by atoms with van der Waals surface area (Å²) in [7, 11) is 1.59. The maximum atomic E-state index is 12.8. The van der Waals surface area contributed by atoms with Gasteiger partial charge in [-0.3, -0.25) is 9.48 Å². The molecule has 4 aromatic rings. The molecule has 3 aromatic heterocycles. The van der Waals surface area contributed by atoms with Gasteiger partial charge in [-0.2, -0.15) is 5.10 Å². The number of carbonyl (C=O) groups is 1. The number of H-pyrrole nitrogens is 1. The predicted molar refractivity (Wildman–Crippen MR) is 101 cm³/mol. The second-order valence-electron chi connectivity index (χ2n) is 6.77. The highest BCUT2D eigenvalue weighted by atomic mass is 16.5. The lowest BCUT2D eigenvalue weighted by Crippen LogP contribution is -2.38. The van der Waals surface area contributed by atoms with Crippen LogP contribution in [0.2, 0.25) is 0 Å². The minimum atomic E-state index is -0.125. The maximum Gasteiger partial charge on any atom is 0.289 e. The van der Waals surface area contributed by atoms with E-state index in [0.29, 0.717) is 37.8 Å². The first-order chi connectivity index (χ1) is 13.7. The number of para-hydroxylation sites is 2. The number of nitrogens with zero attached hydrogens (tertiary/aromatic N) is 4. The second-order valence-corrected chi connectivity index (χ2v) is 6.77. The van der Waals surface area contributed by atoms with Gasteiger partial charge in [-0.05, 0) is 30.3 Å². The van der Waals surface area contributed by atoms with Crippen LogP contribution in [-0.4, -0.2) is 44.2 Å². The average molecular weight is 377 g/mol. The topological polar surface area (TPSA) is 89.2 Å². The monoisotopic (exact) mass is 377 g/mol. The molecule has 8 nitrogen and oxygen atoms in total. The normalized spacial score (nSPS) is 13.8. The van der Waals surface area contributed by atoms with E-state index in [1.165, 1.54) is 0 Å². The fourth-order valence-electron chi connectivity index (χ4n) is 3.50. The van der Waals surface area contributed by atoms with Crippen molar-refractivity contribution in [2.75, 3.05) is 13.7 Å². The number of ether oxygens (including phenoxy) is 1. The summed E-state index contributed by atoms with van der Waals surface area (Å²) in [4.78, 5) is 22.4. The van der Waals surface area contributed by atoms with Gasteiger partial charge in [0.15, 0.2) is 11.6 Å². The van der Waals surface area contributed by atoms with Crippen molar-refractivity contribution in [1.82, 2.24) is 24.6 Å². The van der Waals surface area contributed by atoms with Crippen LogP contribution in [0.15, 0.2) is 46.9 Å². The molecule has 1 aliphatic rings. The van der Waals surface area contributed by atoms with Crippen LogP contribution in [0.5, 0.6) is 0 Å². The lowest BCUT2D eigenvalue weighted by molar-refractivity contribution is 0.0666. The Hall–Kier alpha value is -3.39. The number of imidazole rings is 1. The summed E-state index contributed by atoms with van der Waals surface area (Å²) in [6.45, 7) is 2.04. The van der Waals surface area contributed by atoms with Gasteiger partial charge in [0.25, 0.3) is 5.91 Å². The smallest absolute Gasteiger partial charge is 0.289 e. The number of aromatic amines is 1. The van der Waals surface area contributed by atoms with Crippen molar-refractivity contribution < 1.29 is 13.9 Å². The van der Waals surface area contributed by atoms with Gasteiger partial charge in [0, 0.05) is 13.7 Å². The van der Waals surface area contributed by atoms with Crippen molar-refractivity contribution >= 4 is 16.9 Å². The lowest BCUT2D eigenvalue weighted by atomic mass is 10.2. The summed E-state index contributed by atoms with van der Waals surface area (Å²) in [5.74, 6) is 1.58. The maximum absolute atomic E-state index is 12.8. The minimum Gasteiger partial charge on any atom is -0.453 e. The van der Waals surface area contributed by atoms with E-state index in [2.05, 4.69) is 15.1 Å². The van der Waals surface area contributed by atoms with Crippen molar-refractivity contribution in [3.63, 3.8) is 0 Å². The lowest BCUT2D eigenvalue weighted by Gasteiger charge is -2.26. The second kappa shape index (κ2) is 6.65. The molecule has 28 heavy (non-hydrogen) atoms. The third-order valence-electron chi connectivity index (χ3n) is 4.88. The molecule has 0 spiro atoms. The highest BCUT2D eigenvalue weighted by Gasteiger charge is 2.26. The van der Waals surface area contributed by atoms with E-state index in [4.69, 9.17) is 9.15 Å². The molecule has 1 aliphatic heterocycles. The highest BCUT2D eigenvalue weighted by Crippen LogP contribution is 2.23. The van der Waals surface area contributed by atoms with Crippen LogP contribution in [0.25, 0.3) is 22.6 Å². The van der Waals surface area contributed by atoms with Crippen LogP contribution in [0, 0.1) is 0 Å². The Bertz CT molecular complexity index is 1120. The Morgan fingerprint density at radius 1 is 1.25 bits per heavy atom. The van der Waals surface area contributed by atoms with Gasteiger partial charge in [-0.25, -0.2) is 4.98 Å². The Labute approximate surface area is 160 Å². The van der Waals surface area contributed by atoms with E-state index in [1.807, 2.05) is 35.0 Å². The van der Waals surface area contributed by atoms with Crippen molar-refractivity contribution in [2.24, 2.45) is 0 Å². The number of amides is 1. The summed E-state index contributed by atoms with van der Waals surface area (Å²) in [5, 5.41) is 4.66. The Balaban J connectivity index is 1.37. The van der Waals surface area contributed by atoms with Crippen LogP contribution >= 0.6 is 0 Å². The van der Waals surface area contributed by atoms with Gasteiger partial charge >= 0.3 is 0 Å². The number of fused-ring (bicyclic) bond motifs is 2. The summed E-state index contributed by atoms with van der Waals surface area (Å²) in [6.07, 6.45) is 0. The van der Waals surface area contributed by atoms with Gasteiger partial charge in [-0.1, -0.05) is 12.1 Å². The molecule has 1 aromatic carbocycles. The quantitative estimate of drug-likeness (QED) is 0.591. The van der Waals surface area contributed by atoms with E-state index in [0.717, 1.165) is 28.2 Å². The Kier molecular flexibility index (Phi) is 3.98. The summed E-state index contributed by atoms with van der Waals surface area (Å²) in [5.41, 5.74) is 3.63. The molecule has 0 bridgehead atoms.